The number of carbonyl (C=O) groups excluding carboxylic acids is 2. The van der Waals surface area contributed by atoms with E-state index >= 15 is 0 Å². The number of benzene rings is 2. The highest BCUT2D eigenvalue weighted by Gasteiger charge is 2.27. The van der Waals surface area contributed by atoms with Crippen LogP contribution in [0.1, 0.15) is 27.6 Å². The molecule has 1 heterocycles. The Hall–Kier alpha value is -4.02. The van der Waals surface area contributed by atoms with E-state index < -0.39 is 15.8 Å². The van der Waals surface area contributed by atoms with Gasteiger partial charge in [-0.1, -0.05) is 0 Å². The summed E-state index contributed by atoms with van der Waals surface area (Å²) in [7, 11) is 0. The Kier molecular flexibility index (Phi) is 6.43. The Morgan fingerprint density at radius 1 is 0.935 bits per heavy atom. The Balaban J connectivity index is 1.71. The van der Waals surface area contributed by atoms with Crippen LogP contribution in [-0.4, -0.2) is 59.4 Å². The zero-order valence-corrected chi connectivity index (χ0v) is 16.7. The number of hydrogen-bond acceptors (Lipinski definition) is 8. The fourth-order valence-electron chi connectivity index (χ4n) is 3.34. The molecule has 0 aliphatic carbocycles. The lowest BCUT2D eigenvalue weighted by atomic mass is 10.1. The van der Waals surface area contributed by atoms with E-state index in [1.807, 2.05) is 0 Å². The molecular formula is C20H20N4O7. The molecule has 0 spiro atoms. The summed E-state index contributed by atoms with van der Waals surface area (Å²) >= 11 is 0. The molecule has 0 saturated carbocycles. The summed E-state index contributed by atoms with van der Waals surface area (Å²) in [6.45, 7) is 3.19. The van der Waals surface area contributed by atoms with Crippen molar-refractivity contribution in [1.29, 1.82) is 0 Å². The van der Waals surface area contributed by atoms with E-state index in [0.29, 0.717) is 37.4 Å². The number of piperazine rings is 1. The predicted octanol–water partition coefficient (Wildman–Crippen LogP) is 2.64. The van der Waals surface area contributed by atoms with Gasteiger partial charge in [-0.05, 0) is 31.2 Å². The summed E-state index contributed by atoms with van der Waals surface area (Å²) in [6.07, 6.45) is 0. The fraction of sp³-hybridized carbons (Fsp3) is 0.300. The maximum absolute atomic E-state index is 12.7. The second-order valence-corrected chi connectivity index (χ2v) is 6.76. The molecule has 0 radical (unpaired) electrons. The largest absolute Gasteiger partial charge is 0.462 e. The third-order valence-electron chi connectivity index (χ3n) is 4.92. The van der Waals surface area contributed by atoms with Crippen LogP contribution in [0.5, 0.6) is 0 Å². The van der Waals surface area contributed by atoms with E-state index in [2.05, 4.69) is 0 Å². The number of nitro groups is 2. The highest BCUT2D eigenvalue weighted by molar-refractivity contribution is 5.94. The zero-order valence-electron chi connectivity index (χ0n) is 16.7. The van der Waals surface area contributed by atoms with Crippen molar-refractivity contribution in [2.45, 2.75) is 6.92 Å². The van der Waals surface area contributed by atoms with Gasteiger partial charge in [0.05, 0.1) is 22.0 Å². The summed E-state index contributed by atoms with van der Waals surface area (Å²) in [6, 6.07) is 9.56. The van der Waals surface area contributed by atoms with Crippen molar-refractivity contribution < 1.29 is 24.2 Å². The molecule has 31 heavy (non-hydrogen) atoms. The van der Waals surface area contributed by atoms with E-state index in [9.17, 15) is 29.8 Å². The minimum absolute atomic E-state index is 0.0973. The average molecular weight is 428 g/mol. The molecule has 0 N–H and O–H groups in total. The van der Waals surface area contributed by atoms with Crippen LogP contribution in [0.15, 0.2) is 42.5 Å². The van der Waals surface area contributed by atoms with Gasteiger partial charge < -0.3 is 14.5 Å². The van der Waals surface area contributed by atoms with E-state index in [4.69, 9.17) is 4.74 Å². The van der Waals surface area contributed by atoms with Crippen LogP contribution in [0.2, 0.25) is 0 Å². The number of carbonyl (C=O) groups is 2. The Labute approximate surface area is 177 Å². The molecule has 3 rings (SSSR count). The number of non-ortho nitro benzene ring substituents is 1. The molecule has 1 aliphatic heterocycles. The van der Waals surface area contributed by atoms with Gasteiger partial charge in [0.1, 0.15) is 5.69 Å². The van der Waals surface area contributed by atoms with Crippen molar-refractivity contribution in [3.05, 3.63) is 73.8 Å². The Morgan fingerprint density at radius 3 is 2.10 bits per heavy atom. The van der Waals surface area contributed by atoms with Gasteiger partial charge in [-0.15, -0.1) is 0 Å². The first-order valence-corrected chi connectivity index (χ1v) is 9.56. The zero-order chi connectivity index (χ0) is 22.5. The summed E-state index contributed by atoms with van der Waals surface area (Å²) in [5, 5.41) is 22.3. The number of anilines is 1. The van der Waals surface area contributed by atoms with E-state index in [1.165, 1.54) is 42.5 Å². The molecule has 162 valence electrons. The number of esters is 1. The number of hydrogen-bond donors (Lipinski definition) is 0. The van der Waals surface area contributed by atoms with Gasteiger partial charge in [0.25, 0.3) is 17.3 Å². The van der Waals surface area contributed by atoms with Crippen molar-refractivity contribution in [2.75, 3.05) is 37.7 Å². The van der Waals surface area contributed by atoms with Gasteiger partial charge in [0, 0.05) is 49.9 Å². The molecule has 0 atom stereocenters. The highest BCUT2D eigenvalue weighted by atomic mass is 16.6. The average Bonchev–Trinajstić information content (AvgIpc) is 2.78. The van der Waals surface area contributed by atoms with E-state index in [1.54, 1.807) is 16.7 Å². The van der Waals surface area contributed by atoms with Crippen molar-refractivity contribution >= 4 is 28.9 Å². The Morgan fingerprint density at radius 2 is 1.55 bits per heavy atom. The third-order valence-corrected chi connectivity index (χ3v) is 4.92. The maximum atomic E-state index is 12.7. The van der Waals surface area contributed by atoms with Crippen LogP contribution < -0.4 is 4.90 Å². The molecule has 2 aromatic rings. The quantitative estimate of drug-likeness (QED) is 0.389. The van der Waals surface area contributed by atoms with Crippen molar-refractivity contribution in [2.24, 2.45) is 0 Å². The fourth-order valence-corrected chi connectivity index (χ4v) is 3.34. The standard InChI is InChI=1S/C20H20N4O7/c1-2-31-20(26)15-5-8-17(18(13-15)24(29)30)21-9-11-22(12-10-21)19(25)14-3-6-16(7-4-14)23(27)28/h3-8,13H,2,9-12H2,1H3. The van der Waals surface area contributed by atoms with Crippen molar-refractivity contribution in [3.63, 3.8) is 0 Å². The molecule has 1 amide bonds. The smallest absolute Gasteiger partial charge is 0.338 e. The molecule has 0 bridgehead atoms. The molecule has 11 heteroatoms. The summed E-state index contributed by atoms with van der Waals surface area (Å²) < 4.78 is 4.89. The molecule has 11 nitrogen and oxygen atoms in total. The minimum atomic E-state index is -0.629. The lowest BCUT2D eigenvalue weighted by Gasteiger charge is -2.35. The topological polar surface area (TPSA) is 136 Å². The second kappa shape index (κ2) is 9.20. The van der Waals surface area contributed by atoms with Gasteiger partial charge in [0.15, 0.2) is 0 Å². The lowest BCUT2D eigenvalue weighted by Crippen LogP contribution is -2.49. The normalized spacial score (nSPS) is 13.6. The molecule has 0 unspecified atom stereocenters. The molecule has 1 saturated heterocycles. The van der Waals surface area contributed by atoms with Crippen LogP contribution in [0, 0.1) is 20.2 Å². The second-order valence-electron chi connectivity index (χ2n) is 6.76. The van der Waals surface area contributed by atoms with Gasteiger partial charge in [0.2, 0.25) is 0 Å². The molecule has 1 fully saturated rings. The first-order valence-electron chi connectivity index (χ1n) is 9.56. The van der Waals surface area contributed by atoms with Gasteiger partial charge >= 0.3 is 5.97 Å². The van der Waals surface area contributed by atoms with Gasteiger partial charge in [-0.2, -0.15) is 0 Å². The number of nitrogens with zero attached hydrogens (tertiary/aromatic N) is 4. The van der Waals surface area contributed by atoms with Crippen LogP contribution in [0.4, 0.5) is 17.1 Å². The molecular weight excluding hydrogens is 408 g/mol. The van der Waals surface area contributed by atoms with Crippen LogP contribution >= 0.6 is 0 Å². The van der Waals surface area contributed by atoms with Crippen molar-refractivity contribution in [3.8, 4) is 0 Å². The van der Waals surface area contributed by atoms with Crippen LogP contribution in [0.3, 0.4) is 0 Å². The summed E-state index contributed by atoms with van der Waals surface area (Å²) in [4.78, 5) is 49.1. The SMILES string of the molecule is CCOC(=O)c1ccc(N2CCN(C(=O)c3ccc([N+](=O)[O-])cc3)CC2)c([N+](=O)[O-])c1. The number of nitro benzene ring substituents is 2. The number of ether oxygens (including phenoxy) is 1. The molecule has 1 aliphatic rings. The van der Waals surface area contributed by atoms with Crippen LogP contribution in [-0.2, 0) is 4.74 Å². The first-order chi connectivity index (χ1) is 14.8. The highest BCUT2D eigenvalue weighted by Crippen LogP contribution is 2.30. The van der Waals surface area contributed by atoms with Gasteiger partial charge in [-0.3, -0.25) is 25.0 Å². The Bertz CT molecular complexity index is 1010. The molecule has 0 aromatic heterocycles. The lowest BCUT2D eigenvalue weighted by molar-refractivity contribution is -0.384. The van der Waals surface area contributed by atoms with Crippen molar-refractivity contribution in [1.82, 2.24) is 4.90 Å². The first kappa shape index (κ1) is 21.7. The van der Waals surface area contributed by atoms with E-state index in [0.717, 1.165) is 0 Å². The molecule has 2 aromatic carbocycles. The predicted molar refractivity (Wildman–Crippen MR) is 110 cm³/mol. The van der Waals surface area contributed by atoms with E-state index in [-0.39, 0.29) is 29.5 Å². The summed E-state index contributed by atoms with van der Waals surface area (Å²) in [5.41, 5.74) is 0.495. The summed E-state index contributed by atoms with van der Waals surface area (Å²) in [5.74, 6) is -0.891. The number of amides is 1. The maximum Gasteiger partial charge on any atom is 0.338 e. The number of rotatable bonds is 6. The van der Waals surface area contributed by atoms with Crippen LogP contribution in [0.25, 0.3) is 0 Å². The van der Waals surface area contributed by atoms with Gasteiger partial charge in [-0.25, -0.2) is 4.79 Å². The third kappa shape index (κ3) is 4.77. The monoisotopic (exact) mass is 428 g/mol. The minimum Gasteiger partial charge on any atom is -0.462 e.